The number of aliphatic carboxylic acids is 1. The third-order valence-electron chi connectivity index (χ3n) is 2.23. The molecule has 1 unspecified atom stereocenters. The van der Waals surface area contributed by atoms with Crippen molar-refractivity contribution in [2.24, 2.45) is 5.92 Å². The Kier molecular flexibility index (Phi) is 3.97. The highest BCUT2D eigenvalue weighted by Crippen LogP contribution is 2.12. The van der Waals surface area contributed by atoms with E-state index in [4.69, 9.17) is 5.11 Å². The van der Waals surface area contributed by atoms with Crippen LogP contribution in [-0.4, -0.2) is 21.8 Å². The van der Waals surface area contributed by atoms with Crippen molar-refractivity contribution < 1.29 is 14.7 Å². The maximum Gasteiger partial charge on any atom is 0.304 e. The first-order chi connectivity index (χ1) is 7.09. The van der Waals surface area contributed by atoms with E-state index in [0.717, 1.165) is 5.56 Å². The van der Waals surface area contributed by atoms with Gasteiger partial charge in [0.2, 0.25) is 0 Å². The van der Waals surface area contributed by atoms with Crippen LogP contribution in [0.25, 0.3) is 0 Å². The maximum atomic E-state index is 11.2. The lowest BCUT2D eigenvalue weighted by Crippen LogP contribution is -2.18. The first-order valence-electron chi connectivity index (χ1n) is 4.70. The van der Waals surface area contributed by atoms with Gasteiger partial charge in [0.1, 0.15) is 5.78 Å². The van der Waals surface area contributed by atoms with Gasteiger partial charge in [-0.2, -0.15) is 0 Å². The Morgan fingerprint density at radius 1 is 1.40 bits per heavy atom. The number of carbonyl (C=O) groups is 2. The van der Waals surface area contributed by atoms with Crippen LogP contribution in [0.4, 0.5) is 0 Å². The molecule has 0 aliphatic heterocycles. The predicted octanol–water partition coefficient (Wildman–Crippen LogP) is 1.30. The number of hydrogen-bond donors (Lipinski definition) is 1. The number of pyridine rings is 1. The van der Waals surface area contributed by atoms with Gasteiger partial charge in [0.15, 0.2) is 0 Å². The van der Waals surface area contributed by atoms with Crippen LogP contribution in [0.1, 0.15) is 18.9 Å². The number of carbonyl (C=O) groups excluding carboxylic acids is 1. The van der Waals surface area contributed by atoms with E-state index in [2.05, 4.69) is 4.98 Å². The van der Waals surface area contributed by atoms with Gasteiger partial charge in [-0.3, -0.25) is 14.6 Å². The molecule has 0 amide bonds. The van der Waals surface area contributed by atoms with Gasteiger partial charge >= 0.3 is 5.97 Å². The van der Waals surface area contributed by atoms with Gasteiger partial charge in [-0.25, -0.2) is 0 Å². The van der Waals surface area contributed by atoms with Crippen molar-refractivity contribution in [3.8, 4) is 0 Å². The van der Waals surface area contributed by atoms with Crippen molar-refractivity contribution in [1.82, 2.24) is 4.98 Å². The second kappa shape index (κ2) is 5.24. The summed E-state index contributed by atoms with van der Waals surface area (Å²) in [6, 6.07) is 3.58. The summed E-state index contributed by atoms with van der Waals surface area (Å²) in [5.74, 6) is -1.47. The summed E-state index contributed by atoms with van der Waals surface area (Å²) in [6.07, 6.45) is 3.61. The van der Waals surface area contributed by atoms with Gasteiger partial charge in [0, 0.05) is 18.3 Å². The molecule has 1 rings (SSSR count). The molecular weight excluding hydrogens is 194 g/mol. The van der Waals surface area contributed by atoms with E-state index in [1.807, 2.05) is 0 Å². The molecule has 1 aromatic heterocycles. The van der Waals surface area contributed by atoms with Crippen molar-refractivity contribution in [2.45, 2.75) is 19.8 Å². The molecule has 1 heterocycles. The molecule has 0 fully saturated rings. The van der Waals surface area contributed by atoms with E-state index in [-0.39, 0.29) is 12.2 Å². The van der Waals surface area contributed by atoms with E-state index in [0.29, 0.717) is 6.42 Å². The minimum absolute atomic E-state index is 0.0887. The van der Waals surface area contributed by atoms with Gasteiger partial charge in [0.25, 0.3) is 0 Å². The molecule has 1 atom stereocenters. The van der Waals surface area contributed by atoms with Crippen LogP contribution >= 0.6 is 0 Å². The third kappa shape index (κ3) is 3.89. The quantitative estimate of drug-likeness (QED) is 0.790. The molecule has 80 valence electrons. The molecule has 0 saturated carbocycles. The molecule has 0 spiro atoms. The van der Waals surface area contributed by atoms with E-state index in [1.54, 1.807) is 24.5 Å². The highest BCUT2D eigenvalue weighted by molar-refractivity contribution is 5.83. The Hall–Kier alpha value is -1.71. The normalized spacial score (nSPS) is 12.1. The summed E-state index contributed by atoms with van der Waals surface area (Å²) >= 11 is 0. The molecule has 0 saturated heterocycles. The summed E-state index contributed by atoms with van der Waals surface area (Å²) in [6.45, 7) is 1.43. The van der Waals surface area contributed by atoms with Gasteiger partial charge in [0.05, 0.1) is 6.42 Å². The van der Waals surface area contributed by atoms with Gasteiger partial charge < -0.3 is 5.11 Å². The second-order valence-corrected chi connectivity index (χ2v) is 3.47. The highest BCUT2D eigenvalue weighted by Gasteiger charge is 2.18. The number of rotatable bonds is 5. The Morgan fingerprint density at radius 2 is 2.00 bits per heavy atom. The average molecular weight is 207 g/mol. The van der Waals surface area contributed by atoms with Crippen LogP contribution in [-0.2, 0) is 16.0 Å². The lowest BCUT2D eigenvalue weighted by molar-refractivity contribution is -0.140. The monoisotopic (exact) mass is 207 g/mol. The van der Waals surface area contributed by atoms with Crippen LogP contribution in [0.15, 0.2) is 24.5 Å². The number of nitrogens with zero attached hydrogens (tertiary/aromatic N) is 1. The molecule has 0 radical (unpaired) electrons. The first-order valence-corrected chi connectivity index (χ1v) is 4.70. The van der Waals surface area contributed by atoms with Crippen molar-refractivity contribution in [3.05, 3.63) is 30.1 Å². The Balaban J connectivity index is 2.67. The zero-order valence-electron chi connectivity index (χ0n) is 8.51. The fourth-order valence-corrected chi connectivity index (χ4v) is 1.37. The minimum atomic E-state index is -0.941. The van der Waals surface area contributed by atoms with Gasteiger partial charge in [-0.1, -0.05) is 0 Å². The Labute approximate surface area is 88.0 Å². The summed E-state index contributed by atoms with van der Waals surface area (Å²) in [4.78, 5) is 25.6. The Bertz CT molecular complexity index is 348. The smallest absolute Gasteiger partial charge is 0.304 e. The molecule has 1 aromatic rings. The van der Waals surface area contributed by atoms with Crippen molar-refractivity contribution in [2.75, 3.05) is 0 Å². The van der Waals surface area contributed by atoms with Crippen LogP contribution < -0.4 is 0 Å². The summed E-state index contributed by atoms with van der Waals surface area (Å²) in [5, 5.41) is 8.65. The zero-order chi connectivity index (χ0) is 11.3. The van der Waals surface area contributed by atoms with Crippen molar-refractivity contribution >= 4 is 11.8 Å². The third-order valence-corrected chi connectivity index (χ3v) is 2.23. The van der Waals surface area contributed by atoms with Gasteiger partial charge in [-0.15, -0.1) is 0 Å². The van der Waals surface area contributed by atoms with E-state index in [1.165, 1.54) is 6.92 Å². The van der Waals surface area contributed by atoms with Gasteiger partial charge in [-0.05, 0) is 31.0 Å². The molecule has 1 N–H and O–H groups in total. The zero-order valence-corrected chi connectivity index (χ0v) is 8.51. The topological polar surface area (TPSA) is 67.3 Å². The lowest BCUT2D eigenvalue weighted by Gasteiger charge is -2.10. The predicted molar refractivity (Wildman–Crippen MR) is 54.4 cm³/mol. The average Bonchev–Trinajstić information content (AvgIpc) is 2.17. The molecule has 0 aliphatic rings. The Morgan fingerprint density at radius 3 is 2.47 bits per heavy atom. The fraction of sp³-hybridized carbons (Fsp3) is 0.364. The molecule has 0 aromatic carbocycles. The summed E-state index contributed by atoms with van der Waals surface area (Å²) in [7, 11) is 0. The number of carboxylic acid groups (broad SMARTS) is 1. The minimum Gasteiger partial charge on any atom is -0.481 e. The molecule has 15 heavy (non-hydrogen) atoms. The largest absolute Gasteiger partial charge is 0.481 e. The second-order valence-electron chi connectivity index (χ2n) is 3.47. The molecule has 0 bridgehead atoms. The highest BCUT2D eigenvalue weighted by atomic mass is 16.4. The van der Waals surface area contributed by atoms with Crippen molar-refractivity contribution in [3.63, 3.8) is 0 Å². The van der Waals surface area contributed by atoms with Crippen LogP contribution in [0, 0.1) is 5.92 Å². The lowest BCUT2D eigenvalue weighted by atomic mass is 9.93. The van der Waals surface area contributed by atoms with E-state index >= 15 is 0 Å². The molecule has 4 heteroatoms. The first kappa shape index (κ1) is 11.4. The molecular formula is C11H13NO3. The number of Topliss-reactive ketones (excluding diaryl/α,β-unsaturated/α-hetero) is 1. The van der Waals surface area contributed by atoms with Crippen LogP contribution in [0.5, 0.6) is 0 Å². The van der Waals surface area contributed by atoms with Crippen LogP contribution in [0.3, 0.4) is 0 Å². The molecule has 4 nitrogen and oxygen atoms in total. The van der Waals surface area contributed by atoms with E-state index in [9.17, 15) is 9.59 Å². The summed E-state index contributed by atoms with van der Waals surface area (Å²) in [5.41, 5.74) is 0.937. The number of carboxylic acids is 1. The SMILES string of the molecule is CC(=O)C(CC(=O)O)Cc1ccncc1. The maximum absolute atomic E-state index is 11.2. The fourth-order valence-electron chi connectivity index (χ4n) is 1.37. The van der Waals surface area contributed by atoms with E-state index < -0.39 is 11.9 Å². The van der Waals surface area contributed by atoms with Crippen molar-refractivity contribution in [1.29, 1.82) is 0 Å². The number of ketones is 1. The standard InChI is InChI=1S/C11H13NO3/c1-8(13)10(7-11(14)15)6-9-2-4-12-5-3-9/h2-5,10H,6-7H2,1H3,(H,14,15). The number of aromatic nitrogens is 1. The molecule has 0 aliphatic carbocycles. The summed E-state index contributed by atoms with van der Waals surface area (Å²) < 4.78 is 0. The van der Waals surface area contributed by atoms with Crippen LogP contribution in [0.2, 0.25) is 0 Å². The number of hydrogen-bond acceptors (Lipinski definition) is 3.